The number of carboxylic acids is 1. The second-order valence-corrected chi connectivity index (χ2v) is 4.97. The number of hydrogen-bond acceptors (Lipinski definition) is 3. The molecule has 4 heteroatoms. The van der Waals surface area contributed by atoms with Gasteiger partial charge in [-0.3, -0.25) is 0 Å². The van der Waals surface area contributed by atoms with Gasteiger partial charge in [-0.05, 0) is 44.6 Å². The van der Waals surface area contributed by atoms with E-state index in [-0.39, 0.29) is 5.92 Å². The number of aliphatic carboxylic acids is 1. The molecule has 2 rings (SSSR count). The average Bonchev–Trinajstić information content (AvgIpc) is 3.11. The van der Waals surface area contributed by atoms with Crippen LogP contribution >= 0.6 is 0 Å². The third-order valence-electron chi connectivity index (χ3n) is 3.69. The molecule has 0 radical (unpaired) electrons. The van der Waals surface area contributed by atoms with Crippen molar-refractivity contribution in [2.75, 3.05) is 13.2 Å². The van der Waals surface area contributed by atoms with Gasteiger partial charge in [-0.25, -0.2) is 4.79 Å². The van der Waals surface area contributed by atoms with E-state index in [0.29, 0.717) is 19.1 Å². The molecule has 0 spiro atoms. The molecule has 0 aromatic carbocycles. The molecule has 2 fully saturated rings. The Bertz CT molecular complexity index is 255. The van der Waals surface area contributed by atoms with Crippen molar-refractivity contribution in [2.24, 2.45) is 5.92 Å². The molecule has 4 nitrogen and oxygen atoms in total. The van der Waals surface area contributed by atoms with Crippen LogP contribution in [-0.4, -0.2) is 35.9 Å². The van der Waals surface area contributed by atoms with E-state index in [2.05, 4.69) is 12.2 Å². The Labute approximate surface area is 96.4 Å². The van der Waals surface area contributed by atoms with Crippen LogP contribution in [0.1, 0.15) is 39.0 Å². The van der Waals surface area contributed by atoms with Gasteiger partial charge in [0.05, 0.1) is 6.61 Å². The van der Waals surface area contributed by atoms with Gasteiger partial charge in [-0.15, -0.1) is 0 Å². The minimum atomic E-state index is -0.857. The third-order valence-corrected chi connectivity index (χ3v) is 3.69. The van der Waals surface area contributed by atoms with Gasteiger partial charge >= 0.3 is 5.97 Å². The highest BCUT2D eigenvalue weighted by Gasteiger charge is 2.54. The van der Waals surface area contributed by atoms with Crippen molar-refractivity contribution in [3.63, 3.8) is 0 Å². The number of nitrogens with one attached hydrogen (secondary N) is 1. The fraction of sp³-hybridized carbons (Fsp3) is 0.917. The summed E-state index contributed by atoms with van der Waals surface area (Å²) in [5.41, 5.74) is -0.857. The normalized spacial score (nSPS) is 34.9. The van der Waals surface area contributed by atoms with Crippen molar-refractivity contribution in [2.45, 2.75) is 50.7 Å². The zero-order valence-corrected chi connectivity index (χ0v) is 9.87. The molecule has 0 unspecified atom stereocenters. The van der Waals surface area contributed by atoms with Crippen molar-refractivity contribution in [1.29, 1.82) is 0 Å². The first-order valence-electron chi connectivity index (χ1n) is 6.30. The molecule has 0 amide bonds. The topological polar surface area (TPSA) is 58.6 Å². The highest BCUT2D eigenvalue weighted by Crippen LogP contribution is 2.46. The minimum absolute atomic E-state index is 0.261. The summed E-state index contributed by atoms with van der Waals surface area (Å²) in [6, 6.07) is 0.339. The lowest BCUT2D eigenvalue weighted by molar-refractivity contribution is -0.178. The standard InChI is InChI=1S/C12H21NO3/c1-2-7-13-10-5-6-12(11(14)15,16-8-10)9-3-4-9/h9-10,13H,2-8H2,1H3,(H,14,15)/t10-,12+/m1/s1. The van der Waals surface area contributed by atoms with Gasteiger partial charge in [0.2, 0.25) is 0 Å². The highest BCUT2D eigenvalue weighted by atomic mass is 16.5. The molecule has 16 heavy (non-hydrogen) atoms. The fourth-order valence-corrected chi connectivity index (χ4v) is 2.52. The summed E-state index contributed by atoms with van der Waals surface area (Å²) in [5, 5.41) is 12.7. The number of ether oxygens (including phenoxy) is 1. The molecule has 2 atom stereocenters. The van der Waals surface area contributed by atoms with E-state index in [1.165, 1.54) is 0 Å². The first kappa shape index (κ1) is 11.9. The molecule has 0 aromatic heterocycles. The maximum absolute atomic E-state index is 11.3. The summed E-state index contributed by atoms with van der Waals surface area (Å²) in [7, 11) is 0. The Hall–Kier alpha value is -0.610. The molecule has 1 aliphatic heterocycles. The van der Waals surface area contributed by atoms with Crippen molar-refractivity contribution >= 4 is 5.97 Å². The van der Waals surface area contributed by atoms with E-state index in [1.54, 1.807) is 0 Å². The van der Waals surface area contributed by atoms with Crippen LogP contribution < -0.4 is 5.32 Å². The minimum Gasteiger partial charge on any atom is -0.479 e. The lowest BCUT2D eigenvalue weighted by Gasteiger charge is -2.37. The first-order chi connectivity index (χ1) is 7.69. The Morgan fingerprint density at radius 2 is 2.25 bits per heavy atom. The quantitative estimate of drug-likeness (QED) is 0.745. The predicted octanol–water partition coefficient (Wildman–Crippen LogP) is 1.40. The number of carbonyl (C=O) groups is 1. The Morgan fingerprint density at radius 3 is 2.69 bits per heavy atom. The molecule has 0 bridgehead atoms. The van der Waals surface area contributed by atoms with Gasteiger partial charge in [0, 0.05) is 6.04 Å². The maximum Gasteiger partial charge on any atom is 0.336 e. The zero-order chi connectivity index (χ0) is 11.6. The number of carboxylic acid groups (broad SMARTS) is 1. The number of rotatable bonds is 5. The molecule has 92 valence electrons. The zero-order valence-electron chi connectivity index (χ0n) is 9.87. The first-order valence-corrected chi connectivity index (χ1v) is 6.30. The van der Waals surface area contributed by atoms with E-state index in [4.69, 9.17) is 4.74 Å². The smallest absolute Gasteiger partial charge is 0.336 e. The summed E-state index contributed by atoms with van der Waals surface area (Å²) in [5.74, 6) is -0.499. The molecule has 1 saturated carbocycles. The second-order valence-electron chi connectivity index (χ2n) is 4.97. The van der Waals surface area contributed by atoms with E-state index in [9.17, 15) is 9.90 Å². The highest BCUT2D eigenvalue weighted by molar-refractivity contribution is 5.78. The molecule has 2 N–H and O–H groups in total. The Balaban J connectivity index is 1.88. The van der Waals surface area contributed by atoms with Crippen molar-refractivity contribution < 1.29 is 14.6 Å². The van der Waals surface area contributed by atoms with Crippen molar-refractivity contribution in [3.8, 4) is 0 Å². The van der Waals surface area contributed by atoms with Crippen LogP contribution in [0.4, 0.5) is 0 Å². The molecule has 1 aliphatic carbocycles. The van der Waals surface area contributed by atoms with Gasteiger partial charge in [-0.2, -0.15) is 0 Å². The molecular weight excluding hydrogens is 206 g/mol. The van der Waals surface area contributed by atoms with E-state index in [0.717, 1.165) is 32.2 Å². The van der Waals surface area contributed by atoms with Gasteiger partial charge in [0.1, 0.15) is 0 Å². The van der Waals surface area contributed by atoms with Crippen LogP contribution in [0, 0.1) is 5.92 Å². The Kier molecular flexibility index (Phi) is 3.50. The predicted molar refractivity (Wildman–Crippen MR) is 60.4 cm³/mol. The SMILES string of the molecule is CCCN[C@@H]1CC[C@@](C(=O)O)(C2CC2)OC1. The largest absolute Gasteiger partial charge is 0.479 e. The average molecular weight is 227 g/mol. The second kappa shape index (κ2) is 4.72. The van der Waals surface area contributed by atoms with E-state index >= 15 is 0 Å². The summed E-state index contributed by atoms with van der Waals surface area (Å²) < 4.78 is 5.70. The lowest BCUT2D eigenvalue weighted by atomic mass is 9.87. The van der Waals surface area contributed by atoms with Crippen molar-refractivity contribution in [1.82, 2.24) is 5.32 Å². The maximum atomic E-state index is 11.3. The van der Waals surface area contributed by atoms with Crippen LogP contribution in [0.25, 0.3) is 0 Å². The van der Waals surface area contributed by atoms with Crippen LogP contribution in [0.5, 0.6) is 0 Å². The molecular formula is C12H21NO3. The summed E-state index contributed by atoms with van der Waals surface area (Å²) in [6.07, 6.45) is 4.71. The summed E-state index contributed by atoms with van der Waals surface area (Å²) >= 11 is 0. The Morgan fingerprint density at radius 1 is 1.50 bits per heavy atom. The fourth-order valence-electron chi connectivity index (χ4n) is 2.52. The van der Waals surface area contributed by atoms with Gasteiger partial charge in [-0.1, -0.05) is 6.92 Å². The summed E-state index contributed by atoms with van der Waals surface area (Å²) in [4.78, 5) is 11.3. The van der Waals surface area contributed by atoms with Crippen LogP contribution in [0.2, 0.25) is 0 Å². The van der Waals surface area contributed by atoms with Gasteiger partial charge in [0.25, 0.3) is 0 Å². The lowest BCUT2D eigenvalue weighted by Crippen LogP contribution is -2.52. The monoisotopic (exact) mass is 227 g/mol. The molecule has 1 heterocycles. The van der Waals surface area contributed by atoms with Gasteiger partial charge < -0.3 is 15.2 Å². The molecule has 2 aliphatic rings. The summed E-state index contributed by atoms with van der Waals surface area (Å²) in [6.45, 7) is 3.66. The van der Waals surface area contributed by atoms with E-state index in [1.807, 2.05) is 0 Å². The van der Waals surface area contributed by atoms with E-state index < -0.39 is 11.6 Å². The van der Waals surface area contributed by atoms with Crippen LogP contribution in [0.15, 0.2) is 0 Å². The van der Waals surface area contributed by atoms with Crippen LogP contribution in [0.3, 0.4) is 0 Å². The molecule has 0 aromatic rings. The molecule has 1 saturated heterocycles. The number of hydrogen-bond donors (Lipinski definition) is 2. The van der Waals surface area contributed by atoms with Gasteiger partial charge in [0.15, 0.2) is 5.60 Å². The third kappa shape index (κ3) is 2.23. The van der Waals surface area contributed by atoms with Crippen LogP contribution in [-0.2, 0) is 9.53 Å². The van der Waals surface area contributed by atoms with Crippen molar-refractivity contribution in [3.05, 3.63) is 0 Å².